The van der Waals surface area contributed by atoms with E-state index in [0.29, 0.717) is 18.3 Å². The van der Waals surface area contributed by atoms with Gasteiger partial charge in [0.1, 0.15) is 35.7 Å². The van der Waals surface area contributed by atoms with E-state index >= 15 is 0 Å². The molecule has 0 fully saturated rings. The number of aryl methyl sites for hydroxylation is 1. The van der Waals surface area contributed by atoms with Crippen LogP contribution < -0.4 is 19.7 Å². The molecule has 200 valence electrons. The summed E-state index contributed by atoms with van der Waals surface area (Å²) in [5, 5.41) is 8.61. The molecule has 0 saturated carbocycles. The number of hydrogen-bond donors (Lipinski definition) is 1. The smallest absolute Gasteiger partial charge is 0.158 e. The highest BCUT2D eigenvalue weighted by atomic mass is 16.5. The molecule has 1 unspecified atom stereocenters. The average molecular weight is 524 g/mol. The first kappa shape index (κ1) is 24.9. The second-order valence-corrected chi connectivity index (χ2v) is 10.3. The van der Waals surface area contributed by atoms with Gasteiger partial charge in [0.15, 0.2) is 5.65 Å². The Bertz CT molecular complexity index is 1620. The molecule has 3 aromatic heterocycles. The Morgan fingerprint density at radius 2 is 1.97 bits per heavy atom. The maximum Gasteiger partial charge on any atom is 0.158 e. The topological polar surface area (TPSA) is 89.7 Å². The van der Waals surface area contributed by atoms with Crippen LogP contribution in [-0.2, 0) is 0 Å². The Labute approximate surface area is 227 Å². The number of fused-ring (bicyclic) bond motifs is 3. The molecule has 6 rings (SSSR count). The first-order chi connectivity index (χ1) is 19.1. The number of pyridine rings is 1. The molecular weight excluding hydrogens is 490 g/mol. The van der Waals surface area contributed by atoms with E-state index in [9.17, 15) is 0 Å². The van der Waals surface area contributed by atoms with Gasteiger partial charge in [-0.3, -0.25) is 0 Å². The van der Waals surface area contributed by atoms with Crippen molar-refractivity contribution >= 4 is 33.7 Å². The van der Waals surface area contributed by atoms with Crippen LogP contribution in [0.1, 0.15) is 38.7 Å². The van der Waals surface area contributed by atoms with Crippen LogP contribution in [0.15, 0.2) is 61.3 Å². The molecule has 39 heavy (non-hydrogen) atoms. The van der Waals surface area contributed by atoms with Crippen LogP contribution >= 0.6 is 0 Å². The standard InChI is InChI=1S/C30H33N7O2/c1-4-5-6-10-36-16-20(2)17-38-28-15-25-24(14-26(28)36)30(33-18-31-25)35-22-7-8-27(21(3)12-22)39-23-9-11-37-29(13-23)32-19-34-37/h7-9,11-15,18-20H,4-6,10,16-17H2,1-3H3,(H,31,33,35). The van der Waals surface area contributed by atoms with E-state index < -0.39 is 0 Å². The first-order valence-corrected chi connectivity index (χ1v) is 13.6. The van der Waals surface area contributed by atoms with Crippen LogP contribution in [-0.4, -0.2) is 44.3 Å². The normalized spacial score (nSPS) is 15.2. The van der Waals surface area contributed by atoms with Crippen LogP contribution in [0, 0.1) is 12.8 Å². The van der Waals surface area contributed by atoms with Crippen molar-refractivity contribution in [3.8, 4) is 17.2 Å². The quantitative estimate of drug-likeness (QED) is 0.229. The third-order valence-electron chi connectivity index (χ3n) is 7.06. The second kappa shape index (κ2) is 10.8. The minimum Gasteiger partial charge on any atom is -0.491 e. The number of nitrogens with zero attached hydrogens (tertiary/aromatic N) is 6. The van der Waals surface area contributed by atoms with E-state index in [1.165, 1.54) is 19.2 Å². The van der Waals surface area contributed by atoms with Crippen molar-refractivity contribution < 1.29 is 9.47 Å². The van der Waals surface area contributed by atoms with Crippen molar-refractivity contribution in [3.63, 3.8) is 0 Å². The molecule has 0 amide bonds. The van der Waals surface area contributed by atoms with Gasteiger partial charge in [0.25, 0.3) is 0 Å². The summed E-state index contributed by atoms with van der Waals surface area (Å²) in [5.74, 6) is 3.60. The summed E-state index contributed by atoms with van der Waals surface area (Å²) in [7, 11) is 0. The first-order valence-electron chi connectivity index (χ1n) is 13.6. The average Bonchev–Trinajstić information content (AvgIpc) is 3.35. The highest BCUT2D eigenvalue weighted by Gasteiger charge is 2.22. The van der Waals surface area contributed by atoms with Crippen molar-refractivity contribution in [1.82, 2.24) is 24.6 Å². The number of benzene rings is 2. The van der Waals surface area contributed by atoms with Gasteiger partial charge in [-0.2, -0.15) is 5.10 Å². The summed E-state index contributed by atoms with van der Waals surface area (Å²) in [6, 6.07) is 14.0. The molecule has 9 nitrogen and oxygen atoms in total. The number of hydrogen-bond acceptors (Lipinski definition) is 8. The number of unbranched alkanes of at least 4 members (excludes halogenated alkanes) is 2. The molecular formula is C30H33N7O2. The molecule has 0 radical (unpaired) electrons. The fourth-order valence-corrected chi connectivity index (χ4v) is 5.02. The summed E-state index contributed by atoms with van der Waals surface area (Å²) in [4.78, 5) is 15.9. The van der Waals surface area contributed by atoms with Crippen LogP contribution in [0.3, 0.4) is 0 Å². The lowest BCUT2D eigenvalue weighted by molar-refractivity contribution is 0.273. The Hall–Kier alpha value is -4.40. The minimum absolute atomic E-state index is 0.452. The Balaban J connectivity index is 1.27. The summed E-state index contributed by atoms with van der Waals surface area (Å²) < 4.78 is 14.1. The van der Waals surface area contributed by atoms with Crippen LogP contribution in [0.4, 0.5) is 17.2 Å². The van der Waals surface area contributed by atoms with Crippen molar-refractivity contribution in [2.75, 3.05) is 29.9 Å². The molecule has 9 heteroatoms. The lowest BCUT2D eigenvalue weighted by Crippen LogP contribution is -2.29. The molecule has 1 aliphatic heterocycles. The molecule has 1 N–H and O–H groups in total. The van der Waals surface area contributed by atoms with Crippen LogP contribution in [0.2, 0.25) is 0 Å². The Morgan fingerprint density at radius 3 is 2.85 bits per heavy atom. The molecule has 1 atom stereocenters. The molecule has 0 saturated heterocycles. The zero-order chi connectivity index (χ0) is 26.8. The van der Waals surface area contributed by atoms with Gasteiger partial charge in [0.05, 0.1) is 17.8 Å². The van der Waals surface area contributed by atoms with Gasteiger partial charge in [0, 0.05) is 48.4 Å². The number of rotatable bonds is 8. The highest BCUT2D eigenvalue weighted by molar-refractivity contribution is 5.95. The van der Waals surface area contributed by atoms with Crippen molar-refractivity contribution in [1.29, 1.82) is 0 Å². The zero-order valence-electron chi connectivity index (χ0n) is 22.6. The Kier molecular flexibility index (Phi) is 6.87. The molecule has 0 aliphatic carbocycles. The molecule has 1 aliphatic rings. The Morgan fingerprint density at radius 1 is 1.05 bits per heavy atom. The maximum absolute atomic E-state index is 6.22. The van der Waals surface area contributed by atoms with E-state index in [-0.39, 0.29) is 0 Å². The van der Waals surface area contributed by atoms with Crippen LogP contribution in [0.25, 0.3) is 16.6 Å². The lowest BCUT2D eigenvalue weighted by Gasteiger charge is -2.26. The fraction of sp³-hybridized carbons (Fsp3) is 0.333. The third-order valence-corrected chi connectivity index (χ3v) is 7.06. The molecule has 5 aromatic rings. The minimum atomic E-state index is 0.452. The van der Waals surface area contributed by atoms with E-state index in [1.807, 2.05) is 37.4 Å². The highest BCUT2D eigenvalue weighted by Crippen LogP contribution is 2.38. The predicted molar refractivity (Wildman–Crippen MR) is 153 cm³/mol. The van der Waals surface area contributed by atoms with Gasteiger partial charge in [0.2, 0.25) is 0 Å². The monoisotopic (exact) mass is 523 g/mol. The summed E-state index contributed by atoms with van der Waals surface area (Å²) in [5.41, 5.74) is 4.63. The van der Waals surface area contributed by atoms with Gasteiger partial charge in [-0.25, -0.2) is 19.5 Å². The number of nitrogens with one attached hydrogen (secondary N) is 1. The molecule has 4 heterocycles. The third kappa shape index (κ3) is 5.30. The second-order valence-electron chi connectivity index (χ2n) is 10.3. The van der Waals surface area contributed by atoms with Gasteiger partial charge >= 0.3 is 0 Å². The van der Waals surface area contributed by atoms with E-state index in [4.69, 9.17) is 9.47 Å². The van der Waals surface area contributed by atoms with E-state index in [2.05, 4.69) is 62.3 Å². The summed E-state index contributed by atoms with van der Waals surface area (Å²) >= 11 is 0. The maximum atomic E-state index is 6.22. The van der Waals surface area contributed by atoms with Gasteiger partial charge in [-0.15, -0.1) is 0 Å². The molecule has 2 aromatic carbocycles. The van der Waals surface area contributed by atoms with Gasteiger partial charge in [-0.05, 0) is 49.2 Å². The fourth-order valence-electron chi connectivity index (χ4n) is 5.02. The lowest BCUT2D eigenvalue weighted by atomic mass is 10.1. The SMILES string of the molecule is CCCCCN1CC(C)COc2cc3ncnc(Nc4ccc(Oc5ccn6ncnc6c5)c(C)c4)c3cc21. The van der Waals surface area contributed by atoms with Crippen LogP contribution in [0.5, 0.6) is 17.2 Å². The summed E-state index contributed by atoms with van der Waals surface area (Å²) in [6.07, 6.45) is 8.54. The van der Waals surface area contributed by atoms with E-state index in [1.54, 1.807) is 10.8 Å². The largest absolute Gasteiger partial charge is 0.491 e. The van der Waals surface area contributed by atoms with Crippen molar-refractivity contribution in [2.45, 2.75) is 40.0 Å². The number of anilines is 3. The van der Waals surface area contributed by atoms with E-state index in [0.717, 1.165) is 70.3 Å². The molecule has 0 spiro atoms. The predicted octanol–water partition coefficient (Wildman–Crippen LogP) is 6.54. The zero-order valence-corrected chi connectivity index (χ0v) is 22.6. The molecule has 0 bridgehead atoms. The van der Waals surface area contributed by atoms with Gasteiger partial charge < -0.3 is 19.7 Å². The van der Waals surface area contributed by atoms with Crippen molar-refractivity contribution in [2.24, 2.45) is 5.92 Å². The van der Waals surface area contributed by atoms with Gasteiger partial charge in [-0.1, -0.05) is 26.7 Å². The number of ether oxygens (including phenoxy) is 2. The summed E-state index contributed by atoms with van der Waals surface area (Å²) in [6.45, 7) is 9.21. The number of aromatic nitrogens is 5. The van der Waals surface area contributed by atoms with Crippen molar-refractivity contribution in [3.05, 3.63) is 66.9 Å².